The van der Waals surface area contributed by atoms with Crippen LogP contribution < -0.4 is 15.1 Å². The molecule has 36 heavy (non-hydrogen) atoms. The Bertz CT molecular complexity index is 1700. The second kappa shape index (κ2) is 8.77. The van der Waals surface area contributed by atoms with E-state index in [9.17, 15) is 9.59 Å². The highest BCUT2D eigenvalue weighted by molar-refractivity contribution is 9.10. The zero-order valence-electron chi connectivity index (χ0n) is 19.1. The number of aryl methyl sites for hydroxylation is 1. The summed E-state index contributed by atoms with van der Waals surface area (Å²) < 4.78 is 12.8. The fourth-order valence-electron chi connectivity index (χ4n) is 4.52. The molecule has 0 N–H and O–H groups in total. The SMILES string of the molecule is Cc1ccnc(N2C(=O)c3oc4ccc(Br)cc4c(=O)c3C2c2cccc(Oc3ccccc3)c2)c1. The van der Waals surface area contributed by atoms with Crippen LogP contribution in [0, 0.1) is 6.92 Å². The maximum atomic E-state index is 13.8. The van der Waals surface area contributed by atoms with Gasteiger partial charge in [0.2, 0.25) is 5.76 Å². The smallest absolute Gasteiger partial charge is 0.296 e. The quantitative estimate of drug-likeness (QED) is 0.251. The van der Waals surface area contributed by atoms with Crippen LogP contribution in [0.5, 0.6) is 11.5 Å². The van der Waals surface area contributed by atoms with Crippen LogP contribution in [-0.2, 0) is 0 Å². The van der Waals surface area contributed by atoms with Crippen LogP contribution in [0.1, 0.15) is 33.3 Å². The zero-order chi connectivity index (χ0) is 24.8. The topological polar surface area (TPSA) is 72.6 Å². The number of pyridine rings is 1. The number of ether oxygens (including phenoxy) is 1. The highest BCUT2D eigenvalue weighted by atomic mass is 79.9. The first kappa shape index (κ1) is 22.2. The molecule has 2 aromatic heterocycles. The van der Waals surface area contributed by atoms with E-state index in [1.165, 1.54) is 4.90 Å². The van der Waals surface area contributed by atoms with Gasteiger partial charge in [-0.3, -0.25) is 14.5 Å². The Labute approximate surface area is 214 Å². The van der Waals surface area contributed by atoms with E-state index in [0.29, 0.717) is 33.8 Å². The molecule has 0 aliphatic carbocycles. The minimum atomic E-state index is -0.735. The lowest BCUT2D eigenvalue weighted by Gasteiger charge is -2.24. The maximum absolute atomic E-state index is 13.8. The molecule has 0 fully saturated rings. The molecule has 0 radical (unpaired) electrons. The molecule has 1 unspecified atom stereocenters. The van der Waals surface area contributed by atoms with E-state index in [-0.39, 0.29) is 16.8 Å². The van der Waals surface area contributed by atoms with E-state index in [4.69, 9.17) is 9.15 Å². The van der Waals surface area contributed by atoms with E-state index in [1.807, 2.05) is 73.7 Å². The Morgan fingerprint density at radius 1 is 0.917 bits per heavy atom. The molecule has 1 aliphatic rings. The van der Waals surface area contributed by atoms with E-state index in [0.717, 1.165) is 10.0 Å². The third-order valence-electron chi connectivity index (χ3n) is 6.13. The zero-order valence-corrected chi connectivity index (χ0v) is 20.7. The molecule has 0 saturated carbocycles. The van der Waals surface area contributed by atoms with Gasteiger partial charge in [-0.15, -0.1) is 0 Å². The molecular weight excluding hydrogens is 520 g/mol. The van der Waals surface area contributed by atoms with Gasteiger partial charge in [0.05, 0.1) is 17.0 Å². The summed E-state index contributed by atoms with van der Waals surface area (Å²) in [7, 11) is 0. The number of rotatable bonds is 4. The number of carbonyl (C=O) groups excluding carboxylic acids is 1. The number of hydrogen-bond donors (Lipinski definition) is 0. The number of hydrogen-bond acceptors (Lipinski definition) is 5. The van der Waals surface area contributed by atoms with Crippen molar-refractivity contribution in [3.05, 3.63) is 128 Å². The summed E-state index contributed by atoms with van der Waals surface area (Å²) in [5.74, 6) is 1.33. The molecule has 1 atom stereocenters. The lowest BCUT2D eigenvalue weighted by Crippen LogP contribution is -2.30. The molecular formula is C29H19BrN2O4. The van der Waals surface area contributed by atoms with Crippen molar-refractivity contribution >= 4 is 38.6 Å². The Kier molecular flexibility index (Phi) is 5.42. The molecule has 3 aromatic carbocycles. The first-order valence-electron chi connectivity index (χ1n) is 11.3. The molecule has 176 valence electrons. The van der Waals surface area contributed by atoms with E-state index >= 15 is 0 Å². The van der Waals surface area contributed by atoms with Crippen LogP contribution in [0.25, 0.3) is 11.0 Å². The average Bonchev–Trinajstić information content (AvgIpc) is 3.18. The van der Waals surface area contributed by atoms with Gasteiger partial charge in [-0.25, -0.2) is 4.98 Å². The van der Waals surface area contributed by atoms with Crippen LogP contribution in [-0.4, -0.2) is 10.9 Å². The largest absolute Gasteiger partial charge is 0.457 e. The number of fused-ring (bicyclic) bond motifs is 2. The van der Waals surface area contributed by atoms with Crippen LogP contribution in [0.15, 0.2) is 105 Å². The van der Waals surface area contributed by atoms with Crippen molar-refractivity contribution in [3.63, 3.8) is 0 Å². The highest BCUT2D eigenvalue weighted by Gasteiger charge is 2.44. The molecule has 3 heterocycles. The minimum Gasteiger partial charge on any atom is -0.457 e. The summed E-state index contributed by atoms with van der Waals surface area (Å²) in [6, 6.07) is 24.9. The van der Waals surface area contributed by atoms with Gasteiger partial charge >= 0.3 is 0 Å². The number of benzene rings is 3. The summed E-state index contributed by atoms with van der Waals surface area (Å²) in [4.78, 5) is 33.5. The fraction of sp³-hybridized carbons (Fsp3) is 0.0690. The number of nitrogens with zero attached hydrogens (tertiary/aromatic N) is 2. The lowest BCUT2D eigenvalue weighted by molar-refractivity contribution is 0.0970. The standard InChI is InChI=1S/C29H19BrN2O4/c1-17-12-13-31-24(14-17)32-26(18-6-5-9-21(15-18)35-20-7-3-2-4-8-20)25-27(33)22-16-19(30)10-11-23(22)36-28(25)29(32)34/h2-16,26H,1H3. The van der Waals surface area contributed by atoms with Gasteiger partial charge < -0.3 is 9.15 Å². The molecule has 5 aromatic rings. The van der Waals surface area contributed by atoms with Crippen molar-refractivity contribution < 1.29 is 13.9 Å². The van der Waals surface area contributed by atoms with E-state index in [1.54, 1.807) is 24.4 Å². The Balaban J connectivity index is 1.56. The predicted octanol–water partition coefficient (Wildman–Crippen LogP) is 6.80. The third-order valence-corrected chi connectivity index (χ3v) is 6.63. The lowest BCUT2D eigenvalue weighted by atomic mass is 9.98. The summed E-state index contributed by atoms with van der Waals surface area (Å²) in [6.45, 7) is 1.93. The first-order valence-corrected chi connectivity index (χ1v) is 12.1. The third kappa shape index (κ3) is 3.78. The monoisotopic (exact) mass is 538 g/mol. The van der Waals surface area contributed by atoms with Crippen molar-refractivity contribution in [2.75, 3.05) is 4.90 Å². The number of amides is 1. The average molecular weight is 539 g/mol. The van der Waals surface area contributed by atoms with Gasteiger partial charge in [-0.05, 0) is 72.6 Å². The molecule has 6 rings (SSSR count). The number of carbonyl (C=O) groups is 1. The van der Waals surface area contributed by atoms with Gasteiger partial charge in [-0.2, -0.15) is 0 Å². The summed E-state index contributed by atoms with van der Waals surface area (Å²) in [5, 5.41) is 0.400. The molecule has 0 bridgehead atoms. The van der Waals surface area contributed by atoms with E-state index < -0.39 is 11.9 Å². The second-order valence-electron chi connectivity index (χ2n) is 8.57. The van der Waals surface area contributed by atoms with Gasteiger partial charge in [0.1, 0.15) is 22.9 Å². The maximum Gasteiger partial charge on any atom is 0.296 e. The molecule has 6 nitrogen and oxygen atoms in total. The number of anilines is 1. The van der Waals surface area contributed by atoms with Crippen LogP contribution in [0.3, 0.4) is 0 Å². The van der Waals surface area contributed by atoms with E-state index in [2.05, 4.69) is 20.9 Å². The molecule has 0 spiro atoms. The highest BCUT2D eigenvalue weighted by Crippen LogP contribution is 2.41. The van der Waals surface area contributed by atoms with Crippen molar-refractivity contribution in [1.82, 2.24) is 4.98 Å². The normalized spacial score (nSPS) is 14.8. The summed E-state index contributed by atoms with van der Waals surface area (Å²) in [6.07, 6.45) is 1.65. The Hall–Kier alpha value is -4.23. The molecule has 1 amide bonds. The van der Waals surface area contributed by atoms with Gasteiger partial charge in [0.25, 0.3) is 5.91 Å². The minimum absolute atomic E-state index is 0.0255. The van der Waals surface area contributed by atoms with Crippen LogP contribution >= 0.6 is 15.9 Å². The Morgan fingerprint density at radius 2 is 1.72 bits per heavy atom. The number of aromatic nitrogens is 1. The summed E-state index contributed by atoms with van der Waals surface area (Å²) >= 11 is 3.43. The number of para-hydroxylation sites is 1. The van der Waals surface area contributed by atoms with Crippen molar-refractivity contribution in [2.24, 2.45) is 0 Å². The van der Waals surface area contributed by atoms with Gasteiger partial charge in [-0.1, -0.05) is 46.3 Å². The number of halogens is 1. The van der Waals surface area contributed by atoms with Crippen molar-refractivity contribution in [2.45, 2.75) is 13.0 Å². The van der Waals surface area contributed by atoms with Gasteiger partial charge in [0, 0.05) is 10.7 Å². The van der Waals surface area contributed by atoms with Crippen LogP contribution in [0.4, 0.5) is 5.82 Å². The Morgan fingerprint density at radius 3 is 2.53 bits per heavy atom. The fourth-order valence-corrected chi connectivity index (χ4v) is 4.88. The first-order chi connectivity index (χ1) is 17.5. The molecule has 0 saturated heterocycles. The van der Waals surface area contributed by atoms with Crippen LogP contribution in [0.2, 0.25) is 0 Å². The van der Waals surface area contributed by atoms with Gasteiger partial charge in [0.15, 0.2) is 5.43 Å². The molecule has 7 heteroatoms. The predicted molar refractivity (Wildman–Crippen MR) is 141 cm³/mol. The van der Waals surface area contributed by atoms with Crippen molar-refractivity contribution in [1.29, 1.82) is 0 Å². The molecule has 1 aliphatic heterocycles. The van der Waals surface area contributed by atoms with Crippen molar-refractivity contribution in [3.8, 4) is 11.5 Å². The second-order valence-corrected chi connectivity index (χ2v) is 9.49. The summed E-state index contributed by atoms with van der Waals surface area (Å²) in [5.41, 5.74) is 2.04.